The van der Waals surface area contributed by atoms with Gasteiger partial charge in [0.25, 0.3) is 0 Å². The Bertz CT molecular complexity index is 258. The SMILES string of the molecule is O=C1CCC/C=C\C2=C1CCC2. The number of hydrogen-bond donors (Lipinski definition) is 0. The van der Waals surface area contributed by atoms with Crippen molar-refractivity contribution < 1.29 is 4.79 Å². The third-order valence-corrected chi connectivity index (χ3v) is 2.69. The van der Waals surface area contributed by atoms with Gasteiger partial charge >= 0.3 is 0 Å². The Morgan fingerprint density at radius 1 is 1.08 bits per heavy atom. The molecule has 0 aromatic carbocycles. The highest BCUT2D eigenvalue weighted by Crippen LogP contribution is 2.30. The van der Waals surface area contributed by atoms with Crippen LogP contribution in [0.15, 0.2) is 23.3 Å². The van der Waals surface area contributed by atoms with E-state index < -0.39 is 0 Å². The minimum Gasteiger partial charge on any atom is -0.295 e. The molecule has 0 amide bonds. The Balaban J connectivity index is 2.30. The molecule has 0 saturated carbocycles. The topological polar surface area (TPSA) is 17.1 Å². The van der Waals surface area contributed by atoms with Crippen LogP contribution in [0, 0.1) is 0 Å². The summed E-state index contributed by atoms with van der Waals surface area (Å²) in [4.78, 5) is 11.6. The summed E-state index contributed by atoms with van der Waals surface area (Å²) in [5.74, 6) is 0.409. The van der Waals surface area contributed by atoms with Gasteiger partial charge in [0.15, 0.2) is 5.78 Å². The lowest BCUT2D eigenvalue weighted by atomic mass is 9.99. The molecule has 0 atom stereocenters. The molecular weight excluding hydrogens is 148 g/mol. The van der Waals surface area contributed by atoms with Gasteiger partial charge in [-0.1, -0.05) is 12.2 Å². The Morgan fingerprint density at radius 3 is 2.92 bits per heavy atom. The summed E-state index contributed by atoms with van der Waals surface area (Å²) in [5.41, 5.74) is 2.45. The molecule has 0 aromatic rings. The quantitative estimate of drug-likeness (QED) is 0.535. The van der Waals surface area contributed by atoms with E-state index in [4.69, 9.17) is 0 Å². The van der Waals surface area contributed by atoms with Gasteiger partial charge in [-0.2, -0.15) is 0 Å². The zero-order valence-corrected chi connectivity index (χ0v) is 7.31. The van der Waals surface area contributed by atoms with Crippen LogP contribution in [-0.4, -0.2) is 5.78 Å². The third-order valence-electron chi connectivity index (χ3n) is 2.69. The first-order valence-corrected chi connectivity index (χ1v) is 4.80. The van der Waals surface area contributed by atoms with Crippen LogP contribution in [0.1, 0.15) is 38.5 Å². The van der Waals surface area contributed by atoms with Gasteiger partial charge in [-0.05, 0) is 43.3 Å². The molecule has 2 aliphatic carbocycles. The minimum atomic E-state index is 0.409. The molecule has 0 heterocycles. The van der Waals surface area contributed by atoms with E-state index in [1.54, 1.807) is 0 Å². The lowest BCUT2D eigenvalue weighted by molar-refractivity contribution is -0.115. The predicted molar refractivity (Wildman–Crippen MR) is 48.9 cm³/mol. The van der Waals surface area contributed by atoms with E-state index in [2.05, 4.69) is 12.2 Å². The summed E-state index contributed by atoms with van der Waals surface area (Å²) in [6, 6.07) is 0. The maximum atomic E-state index is 11.6. The molecule has 0 bridgehead atoms. The fourth-order valence-corrected chi connectivity index (χ4v) is 2.03. The molecule has 0 aliphatic heterocycles. The molecule has 1 heteroatoms. The number of hydrogen-bond acceptors (Lipinski definition) is 1. The van der Waals surface area contributed by atoms with Crippen molar-refractivity contribution >= 4 is 5.78 Å². The molecule has 0 unspecified atom stereocenters. The van der Waals surface area contributed by atoms with Crippen molar-refractivity contribution in [3.8, 4) is 0 Å². The van der Waals surface area contributed by atoms with Gasteiger partial charge < -0.3 is 0 Å². The van der Waals surface area contributed by atoms with E-state index in [0.29, 0.717) is 5.78 Å². The average molecular weight is 162 g/mol. The Hall–Kier alpha value is -0.850. The minimum absolute atomic E-state index is 0.409. The van der Waals surface area contributed by atoms with Crippen LogP contribution in [0.5, 0.6) is 0 Å². The molecule has 0 fully saturated rings. The molecule has 64 valence electrons. The third kappa shape index (κ3) is 1.36. The number of carbonyl (C=O) groups is 1. The summed E-state index contributed by atoms with van der Waals surface area (Å²) in [6.45, 7) is 0. The molecule has 12 heavy (non-hydrogen) atoms. The summed E-state index contributed by atoms with van der Waals surface area (Å²) < 4.78 is 0. The van der Waals surface area contributed by atoms with Gasteiger partial charge in [-0.15, -0.1) is 0 Å². The summed E-state index contributed by atoms with van der Waals surface area (Å²) in [6.07, 6.45) is 10.6. The van der Waals surface area contributed by atoms with E-state index in [0.717, 1.165) is 37.7 Å². The molecule has 1 nitrogen and oxygen atoms in total. The maximum absolute atomic E-state index is 11.6. The zero-order valence-electron chi connectivity index (χ0n) is 7.31. The second-order valence-electron chi connectivity index (χ2n) is 3.58. The van der Waals surface area contributed by atoms with Gasteiger partial charge in [0.1, 0.15) is 0 Å². The van der Waals surface area contributed by atoms with Crippen molar-refractivity contribution in [1.29, 1.82) is 0 Å². The van der Waals surface area contributed by atoms with Gasteiger partial charge in [0.05, 0.1) is 0 Å². The van der Waals surface area contributed by atoms with Crippen molar-refractivity contribution in [3.05, 3.63) is 23.3 Å². The zero-order chi connectivity index (χ0) is 8.39. The van der Waals surface area contributed by atoms with E-state index in [1.807, 2.05) is 0 Å². The van der Waals surface area contributed by atoms with Gasteiger partial charge in [0, 0.05) is 6.42 Å². The van der Waals surface area contributed by atoms with E-state index in [1.165, 1.54) is 12.0 Å². The largest absolute Gasteiger partial charge is 0.295 e. The van der Waals surface area contributed by atoms with E-state index in [9.17, 15) is 4.79 Å². The van der Waals surface area contributed by atoms with Gasteiger partial charge in [0.2, 0.25) is 0 Å². The second kappa shape index (κ2) is 3.26. The first-order chi connectivity index (χ1) is 5.88. The van der Waals surface area contributed by atoms with Crippen LogP contribution >= 0.6 is 0 Å². The van der Waals surface area contributed by atoms with Gasteiger partial charge in [-0.25, -0.2) is 0 Å². The number of rotatable bonds is 0. The average Bonchev–Trinajstić information content (AvgIpc) is 2.47. The Kier molecular flexibility index (Phi) is 2.11. The molecule has 0 radical (unpaired) electrons. The molecule has 2 rings (SSSR count). The number of Topliss-reactive ketones (excluding diaryl/α,β-unsaturated/α-hetero) is 1. The monoisotopic (exact) mass is 162 g/mol. The van der Waals surface area contributed by atoms with Crippen LogP contribution in [0.4, 0.5) is 0 Å². The fourth-order valence-electron chi connectivity index (χ4n) is 2.03. The van der Waals surface area contributed by atoms with Crippen LogP contribution in [0.3, 0.4) is 0 Å². The van der Waals surface area contributed by atoms with Crippen LogP contribution in [0.25, 0.3) is 0 Å². The summed E-state index contributed by atoms with van der Waals surface area (Å²) in [5, 5.41) is 0. The standard InChI is InChI=1S/C11H14O/c12-11-8-3-1-2-5-9-6-4-7-10(9)11/h2,5H,1,3-4,6-8H2/b5-2-. The van der Waals surface area contributed by atoms with Crippen molar-refractivity contribution in [2.45, 2.75) is 38.5 Å². The molecule has 0 spiro atoms. The smallest absolute Gasteiger partial charge is 0.159 e. The molecule has 0 saturated heterocycles. The highest BCUT2D eigenvalue weighted by Gasteiger charge is 2.19. The highest BCUT2D eigenvalue weighted by molar-refractivity contribution is 5.97. The predicted octanol–water partition coefficient (Wildman–Crippen LogP) is 2.78. The fraction of sp³-hybridized carbons (Fsp3) is 0.545. The van der Waals surface area contributed by atoms with Crippen molar-refractivity contribution in [3.63, 3.8) is 0 Å². The van der Waals surface area contributed by atoms with E-state index >= 15 is 0 Å². The normalized spacial score (nSPS) is 26.5. The second-order valence-corrected chi connectivity index (χ2v) is 3.58. The molecule has 0 aromatic heterocycles. The first kappa shape index (κ1) is 7.78. The Labute approximate surface area is 73.2 Å². The highest BCUT2D eigenvalue weighted by atomic mass is 16.1. The molecule has 2 aliphatic rings. The van der Waals surface area contributed by atoms with Crippen LogP contribution in [-0.2, 0) is 4.79 Å². The maximum Gasteiger partial charge on any atom is 0.159 e. The lowest BCUT2D eigenvalue weighted by Gasteiger charge is -2.05. The van der Waals surface area contributed by atoms with Gasteiger partial charge in [-0.3, -0.25) is 4.79 Å². The summed E-state index contributed by atoms with van der Waals surface area (Å²) in [7, 11) is 0. The number of carbonyl (C=O) groups excluding carboxylic acids is 1. The molecule has 0 N–H and O–H groups in total. The van der Waals surface area contributed by atoms with E-state index in [-0.39, 0.29) is 0 Å². The molecular formula is C11H14O. The van der Waals surface area contributed by atoms with Crippen LogP contribution in [0.2, 0.25) is 0 Å². The first-order valence-electron chi connectivity index (χ1n) is 4.80. The number of allylic oxidation sites excluding steroid dienone is 4. The number of ketones is 1. The summed E-state index contributed by atoms with van der Waals surface area (Å²) >= 11 is 0. The van der Waals surface area contributed by atoms with Crippen molar-refractivity contribution in [2.75, 3.05) is 0 Å². The lowest BCUT2D eigenvalue weighted by Crippen LogP contribution is -2.02. The Morgan fingerprint density at radius 2 is 2.00 bits per heavy atom. The van der Waals surface area contributed by atoms with Crippen molar-refractivity contribution in [1.82, 2.24) is 0 Å². The van der Waals surface area contributed by atoms with Crippen LogP contribution < -0.4 is 0 Å². The van der Waals surface area contributed by atoms with Crippen molar-refractivity contribution in [2.24, 2.45) is 0 Å².